The summed E-state index contributed by atoms with van der Waals surface area (Å²) in [6, 6.07) is 6.97. The summed E-state index contributed by atoms with van der Waals surface area (Å²) in [5.74, 6) is 0.661. The van der Waals surface area contributed by atoms with E-state index in [0.29, 0.717) is 12.3 Å². The lowest BCUT2D eigenvalue weighted by Crippen LogP contribution is -2.28. The summed E-state index contributed by atoms with van der Waals surface area (Å²) < 4.78 is 47.0. The van der Waals surface area contributed by atoms with Gasteiger partial charge in [0.15, 0.2) is 0 Å². The lowest BCUT2D eigenvalue weighted by Gasteiger charge is -2.22. The molecular weight excluding hydrogens is 283 g/mol. The molecule has 1 aromatic carbocycles. The van der Waals surface area contributed by atoms with E-state index in [4.69, 9.17) is 9.47 Å². The molecule has 0 aromatic heterocycles. The molecule has 120 valence electrons. The normalized spacial score (nSPS) is 13.5. The molecule has 0 amide bonds. The fourth-order valence-electron chi connectivity index (χ4n) is 1.93. The second-order valence-corrected chi connectivity index (χ2v) is 4.95. The Morgan fingerprint density at radius 3 is 2.43 bits per heavy atom. The van der Waals surface area contributed by atoms with Gasteiger partial charge in [-0.2, -0.15) is 13.2 Å². The van der Waals surface area contributed by atoms with E-state index in [1.165, 1.54) is 0 Å². The molecule has 21 heavy (non-hydrogen) atoms. The number of alkyl halides is 3. The second-order valence-electron chi connectivity index (χ2n) is 4.95. The third-order valence-electron chi connectivity index (χ3n) is 2.66. The topological polar surface area (TPSA) is 30.5 Å². The van der Waals surface area contributed by atoms with Gasteiger partial charge in [0.1, 0.15) is 12.4 Å². The highest BCUT2D eigenvalue weighted by atomic mass is 19.4. The third kappa shape index (κ3) is 6.82. The molecule has 0 saturated heterocycles. The van der Waals surface area contributed by atoms with E-state index < -0.39 is 12.8 Å². The van der Waals surface area contributed by atoms with Crippen molar-refractivity contribution in [2.45, 2.75) is 39.1 Å². The van der Waals surface area contributed by atoms with Crippen LogP contribution in [0, 0.1) is 0 Å². The van der Waals surface area contributed by atoms with E-state index in [1.54, 1.807) is 0 Å². The molecule has 6 heteroatoms. The zero-order valence-electron chi connectivity index (χ0n) is 12.5. The predicted molar refractivity (Wildman–Crippen MR) is 75.5 cm³/mol. The van der Waals surface area contributed by atoms with Gasteiger partial charge in [-0.3, -0.25) is 0 Å². The third-order valence-corrected chi connectivity index (χ3v) is 2.66. The zero-order valence-corrected chi connectivity index (χ0v) is 12.5. The van der Waals surface area contributed by atoms with Crippen LogP contribution in [0.25, 0.3) is 0 Å². The van der Waals surface area contributed by atoms with E-state index in [-0.39, 0.29) is 18.8 Å². The molecule has 0 fully saturated rings. The number of halogens is 3. The molecule has 0 spiro atoms. The monoisotopic (exact) mass is 305 g/mol. The minimum Gasteiger partial charge on any atom is -0.491 e. The minimum atomic E-state index is -4.31. The number of hydrogen-bond acceptors (Lipinski definition) is 3. The van der Waals surface area contributed by atoms with Crippen molar-refractivity contribution in [3.05, 3.63) is 29.8 Å². The standard InChI is InChI=1S/C15H22F3NO2/c1-4-19-13(9-20-10-15(16,17)18)12-7-5-6-8-14(12)21-11(2)3/h5-8,11,13,19H,4,9-10H2,1-3H3. The van der Waals surface area contributed by atoms with Crippen LogP contribution in [-0.4, -0.2) is 32.0 Å². The van der Waals surface area contributed by atoms with Crippen molar-refractivity contribution in [1.29, 1.82) is 0 Å². The first kappa shape index (κ1) is 17.8. The summed E-state index contributed by atoms with van der Waals surface area (Å²) >= 11 is 0. The maximum absolute atomic E-state index is 12.2. The molecule has 0 aliphatic heterocycles. The molecule has 0 radical (unpaired) electrons. The fourth-order valence-corrected chi connectivity index (χ4v) is 1.93. The highest BCUT2D eigenvalue weighted by Crippen LogP contribution is 2.27. The average Bonchev–Trinajstić information content (AvgIpc) is 2.36. The van der Waals surface area contributed by atoms with Crippen LogP contribution >= 0.6 is 0 Å². The molecule has 1 atom stereocenters. The lowest BCUT2D eigenvalue weighted by atomic mass is 10.1. The molecule has 1 aromatic rings. The molecule has 1 rings (SSSR count). The van der Waals surface area contributed by atoms with Crippen LogP contribution in [-0.2, 0) is 4.74 Å². The van der Waals surface area contributed by atoms with E-state index >= 15 is 0 Å². The van der Waals surface area contributed by atoms with Crippen molar-refractivity contribution in [2.24, 2.45) is 0 Å². The molecule has 0 saturated carbocycles. The summed E-state index contributed by atoms with van der Waals surface area (Å²) in [5, 5.41) is 3.13. The molecule has 0 aliphatic carbocycles. The summed E-state index contributed by atoms with van der Waals surface area (Å²) in [6.45, 7) is 5.00. The van der Waals surface area contributed by atoms with Gasteiger partial charge in [0, 0.05) is 5.56 Å². The van der Waals surface area contributed by atoms with Crippen molar-refractivity contribution in [1.82, 2.24) is 5.32 Å². The van der Waals surface area contributed by atoms with Crippen molar-refractivity contribution in [3.8, 4) is 5.75 Å². The predicted octanol–water partition coefficient (Wildman–Crippen LogP) is 3.70. The Hall–Kier alpha value is -1.27. The van der Waals surface area contributed by atoms with E-state index in [0.717, 1.165) is 5.56 Å². The molecule has 0 bridgehead atoms. The van der Waals surface area contributed by atoms with Gasteiger partial charge in [0.25, 0.3) is 0 Å². The summed E-state index contributed by atoms with van der Waals surface area (Å²) in [4.78, 5) is 0. The van der Waals surface area contributed by atoms with E-state index in [1.807, 2.05) is 45.0 Å². The Morgan fingerprint density at radius 1 is 1.19 bits per heavy atom. The number of rotatable bonds is 8. The summed E-state index contributed by atoms with van der Waals surface area (Å²) in [6.07, 6.45) is -4.32. The van der Waals surface area contributed by atoms with Gasteiger partial charge in [-0.1, -0.05) is 25.1 Å². The summed E-state index contributed by atoms with van der Waals surface area (Å²) in [5.41, 5.74) is 0.801. The van der Waals surface area contributed by atoms with Crippen LogP contribution in [0.15, 0.2) is 24.3 Å². The van der Waals surface area contributed by atoms with E-state index in [9.17, 15) is 13.2 Å². The molecule has 0 aliphatic rings. The zero-order chi connectivity index (χ0) is 15.9. The average molecular weight is 305 g/mol. The first-order valence-electron chi connectivity index (χ1n) is 6.97. The van der Waals surface area contributed by atoms with Crippen LogP contribution < -0.4 is 10.1 Å². The highest BCUT2D eigenvalue weighted by Gasteiger charge is 2.28. The van der Waals surface area contributed by atoms with Crippen molar-refractivity contribution >= 4 is 0 Å². The number of hydrogen-bond donors (Lipinski definition) is 1. The van der Waals surface area contributed by atoms with Gasteiger partial charge in [0.05, 0.1) is 18.8 Å². The van der Waals surface area contributed by atoms with Crippen LogP contribution in [0.5, 0.6) is 5.75 Å². The quantitative estimate of drug-likeness (QED) is 0.794. The van der Waals surface area contributed by atoms with Gasteiger partial charge in [-0.05, 0) is 26.5 Å². The number of nitrogens with one attached hydrogen (secondary N) is 1. The minimum absolute atomic E-state index is 0.00970. The highest BCUT2D eigenvalue weighted by molar-refractivity contribution is 5.36. The fraction of sp³-hybridized carbons (Fsp3) is 0.600. The Morgan fingerprint density at radius 2 is 1.86 bits per heavy atom. The SMILES string of the molecule is CCNC(COCC(F)(F)F)c1ccccc1OC(C)C. The number of ether oxygens (including phenoxy) is 2. The maximum Gasteiger partial charge on any atom is 0.411 e. The molecular formula is C15H22F3NO2. The smallest absolute Gasteiger partial charge is 0.411 e. The van der Waals surface area contributed by atoms with Crippen LogP contribution in [0.2, 0.25) is 0 Å². The first-order valence-corrected chi connectivity index (χ1v) is 6.97. The number of para-hydroxylation sites is 1. The molecule has 1 N–H and O–H groups in total. The van der Waals surface area contributed by atoms with Crippen LogP contribution in [0.1, 0.15) is 32.4 Å². The Kier molecular flexibility index (Phi) is 6.98. The van der Waals surface area contributed by atoms with Gasteiger partial charge in [-0.25, -0.2) is 0 Å². The largest absolute Gasteiger partial charge is 0.491 e. The first-order chi connectivity index (χ1) is 9.83. The maximum atomic E-state index is 12.2. The van der Waals surface area contributed by atoms with Crippen LogP contribution in [0.4, 0.5) is 13.2 Å². The van der Waals surface area contributed by atoms with Gasteiger partial charge in [0.2, 0.25) is 0 Å². The van der Waals surface area contributed by atoms with Gasteiger partial charge in [-0.15, -0.1) is 0 Å². The Labute approximate surface area is 123 Å². The lowest BCUT2D eigenvalue weighted by molar-refractivity contribution is -0.175. The van der Waals surface area contributed by atoms with Gasteiger partial charge < -0.3 is 14.8 Å². The summed E-state index contributed by atoms with van der Waals surface area (Å²) in [7, 11) is 0. The van der Waals surface area contributed by atoms with Crippen molar-refractivity contribution < 1.29 is 22.6 Å². The number of likely N-dealkylation sites (N-methyl/N-ethyl adjacent to an activating group) is 1. The Balaban J connectivity index is 2.79. The number of benzene rings is 1. The van der Waals surface area contributed by atoms with Crippen LogP contribution in [0.3, 0.4) is 0 Å². The van der Waals surface area contributed by atoms with Crippen molar-refractivity contribution in [2.75, 3.05) is 19.8 Å². The van der Waals surface area contributed by atoms with Gasteiger partial charge >= 0.3 is 6.18 Å². The van der Waals surface area contributed by atoms with Crippen molar-refractivity contribution in [3.63, 3.8) is 0 Å². The van der Waals surface area contributed by atoms with E-state index in [2.05, 4.69) is 5.32 Å². The second kappa shape index (κ2) is 8.24. The Bertz CT molecular complexity index is 422. The molecule has 1 unspecified atom stereocenters. The molecule has 0 heterocycles. The molecule has 3 nitrogen and oxygen atoms in total.